The van der Waals surface area contributed by atoms with Gasteiger partial charge in [-0.1, -0.05) is 39.4 Å². The molecule has 2 aromatic heterocycles. The van der Waals surface area contributed by atoms with Crippen LogP contribution in [0.25, 0.3) is 10.6 Å². The highest BCUT2D eigenvalue weighted by Gasteiger charge is 2.15. The van der Waals surface area contributed by atoms with Crippen molar-refractivity contribution in [2.45, 2.75) is 6.92 Å². The molecule has 3 rings (SSSR count). The van der Waals surface area contributed by atoms with E-state index in [-0.39, 0.29) is 5.69 Å². The fourth-order valence-electron chi connectivity index (χ4n) is 1.98. The van der Waals surface area contributed by atoms with E-state index in [1.165, 1.54) is 11.3 Å². The number of hydrogen-bond donors (Lipinski definition) is 0. The molecule has 1 aromatic carbocycles. The second kappa shape index (κ2) is 7.66. The van der Waals surface area contributed by atoms with Crippen LogP contribution in [-0.4, -0.2) is 40.0 Å². The number of carbonyl (C=O) groups is 1. The molecule has 0 atom stereocenters. The Kier molecular flexibility index (Phi) is 5.34. The van der Waals surface area contributed by atoms with E-state index in [0.29, 0.717) is 17.6 Å². The Balaban J connectivity index is 1.78. The normalized spacial score (nSPS) is 10.5. The van der Waals surface area contributed by atoms with Gasteiger partial charge in [0.2, 0.25) is 5.13 Å². The number of rotatable bonds is 5. The molecule has 0 radical (unpaired) electrons. The van der Waals surface area contributed by atoms with Gasteiger partial charge in [0.25, 0.3) is 0 Å². The van der Waals surface area contributed by atoms with Gasteiger partial charge in [0, 0.05) is 17.1 Å². The summed E-state index contributed by atoms with van der Waals surface area (Å²) in [5.41, 5.74) is 1.16. The summed E-state index contributed by atoms with van der Waals surface area (Å²) >= 11 is 4.86. The average Bonchev–Trinajstić information content (AvgIpc) is 3.12. The largest absolute Gasteiger partial charge is 0.461 e. The van der Waals surface area contributed by atoms with Gasteiger partial charge in [0.05, 0.1) is 6.61 Å². The lowest BCUT2D eigenvalue weighted by atomic mass is 10.2. The predicted octanol–water partition coefficient (Wildman–Crippen LogP) is 3.70. The Hall–Kier alpha value is -2.39. The summed E-state index contributed by atoms with van der Waals surface area (Å²) in [5, 5.41) is 17.9. The minimum Gasteiger partial charge on any atom is -0.461 e. The van der Waals surface area contributed by atoms with Gasteiger partial charge >= 0.3 is 5.97 Å². The van der Waals surface area contributed by atoms with Crippen molar-refractivity contribution < 1.29 is 9.53 Å². The molecular formula is C16H14BrN5O2S. The minimum absolute atomic E-state index is 0.173. The molecule has 0 saturated heterocycles. The van der Waals surface area contributed by atoms with Crippen molar-refractivity contribution in [2.75, 3.05) is 18.6 Å². The van der Waals surface area contributed by atoms with Crippen molar-refractivity contribution in [1.82, 2.24) is 20.4 Å². The molecule has 0 saturated carbocycles. The summed E-state index contributed by atoms with van der Waals surface area (Å²) in [6.45, 7) is 2.04. The number of hydrogen-bond acceptors (Lipinski definition) is 8. The highest BCUT2D eigenvalue weighted by Crippen LogP contribution is 2.31. The van der Waals surface area contributed by atoms with Gasteiger partial charge < -0.3 is 9.64 Å². The smallest absolute Gasteiger partial charge is 0.358 e. The molecule has 3 aromatic rings. The Bertz CT molecular complexity index is 867. The maximum Gasteiger partial charge on any atom is 0.358 e. The van der Waals surface area contributed by atoms with Crippen LogP contribution >= 0.6 is 27.3 Å². The molecule has 128 valence electrons. The monoisotopic (exact) mass is 419 g/mol. The molecule has 0 aliphatic carbocycles. The van der Waals surface area contributed by atoms with Crippen LogP contribution in [-0.2, 0) is 4.74 Å². The first-order valence-corrected chi connectivity index (χ1v) is 9.03. The molecular weight excluding hydrogens is 406 g/mol. The van der Waals surface area contributed by atoms with Crippen LogP contribution in [0.1, 0.15) is 17.4 Å². The second-order valence-electron chi connectivity index (χ2n) is 4.95. The van der Waals surface area contributed by atoms with Crippen molar-refractivity contribution in [3.05, 3.63) is 46.6 Å². The zero-order valence-corrected chi connectivity index (χ0v) is 15.9. The lowest BCUT2D eigenvalue weighted by Gasteiger charge is -2.12. The first-order valence-electron chi connectivity index (χ1n) is 7.42. The number of ether oxygens (including phenoxy) is 1. The zero-order chi connectivity index (χ0) is 17.8. The van der Waals surface area contributed by atoms with E-state index < -0.39 is 5.97 Å². The molecule has 0 aliphatic heterocycles. The van der Waals surface area contributed by atoms with Gasteiger partial charge in [0.15, 0.2) is 11.5 Å². The van der Waals surface area contributed by atoms with E-state index in [2.05, 4.69) is 36.3 Å². The summed E-state index contributed by atoms with van der Waals surface area (Å²) in [5.74, 6) is 0.0733. The van der Waals surface area contributed by atoms with Crippen molar-refractivity contribution in [2.24, 2.45) is 0 Å². The Morgan fingerprint density at radius 3 is 2.52 bits per heavy atom. The van der Waals surface area contributed by atoms with Gasteiger partial charge in [-0.25, -0.2) is 4.79 Å². The molecule has 0 N–H and O–H groups in total. The molecule has 0 aliphatic rings. The standard InChI is InChI=1S/C16H14BrN5O2S/c1-3-24-15(23)12-8-9-13(19-18-12)22(2)16-21-20-14(25-16)10-4-6-11(17)7-5-10/h4-9H,3H2,1-2H3. The van der Waals surface area contributed by atoms with Crippen LogP contribution in [0.15, 0.2) is 40.9 Å². The summed E-state index contributed by atoms with van der Waals surface area (Å²) < 4.78 is 5.90. The van der Waals surface area contributed by atoms with Crippen LogP contribution in [0.4, 0.5) is 10.9 Å². The van der Waals surface area contributed by atoms with Gasteiger partial charge in [-0.3, -0.25) is 0 Å². The molecule has 0 unspecified atom stereocenters. The maximum atomic E-state index is 11.6. The van der Waals surface area contributed by atoms with Crippen molar-refractivity contribution in [3.63, 3.8) is 0 Å². The number of aromatic nitrogens is 4. The Labute approximate surface area is 156 Å². The number of esters is 1. The van der Waals surface area contributed by atoms with Crippen molar-refractivity contribution >= 4 is 44.2 Å². The first kappa shape index (κ1) is 17.4. The molecule has 7 nitrogen and oxygen atoms in total. The number of carbonyl (C=O) groups excluding carboxylic acids is 1. The fourth-order valence-corrected chi connectivity index (χ4v) is 3.06. The lowest BCUT2D eigenvalue weighted by Crippen LogP contribution is -2.14. The van der Waals surface area contributed by atoms with Crippen LogP contribution in [0.5, 0.6) is 0 Å². The van der Waals surface area contributed by atoms with Crippen molar-refractivity contribution in [1.29, 1.82) is 0 Å². The molecule has 0 spiro atoms. The van der Waals surface area contributed by atoms with Crippen molar-refractivity contribution in [3.8, 4) is 10.6 Å². The van der Waals surface area contributed by atoms with Gasteiger partial charge in [0.1, 0.15) is 5.01 Å². The quantitative estimate of drug-likeness (QED) is 0.582. The third-order valence-electron chi connectivity index (χ3n) is 3.27. The van der Waals surface area contributed by atoms with Gasteiger partial charge in [-0.05, 0) is 31.2 Å². The molecule has 2 heterocycles. The van der Waals surface area contributed by atoms with E-state index in [1.807, 2.05) is 31.3 Å². The van der Waals surface area contributed by atoms with Crippen LogP contribution < -0.4 is 4.90 Å². The molecule has 9 heteroatoms. The maximum absolute atomic E-state index is 11.6. The second-order valence-corrected chi connectivity index (χ2v) is 6.82. The molecule has 0 bridgehead atoms. The predicted molar refractivity (Wildman–Crippen MR) is 99.1 cm³/mol. The first-order chi connectivity index (χ1) is 12.1. The van der Waals surface area contributed by atoms with Gasteiger partial charge in [-0.2, -0.15) is 0 Å². The fraction of sp³-hybridized carbons (Fsp3) is 0.188. The third kappa shape index (κ3) is 3.99. The topological polar surface area (TPSA) is 81.1 Å². The number of anilines is 2. The molecule has 0 amide bonds. The van der Waals surface area contributed by atoms with Gasteiger partial charge in [-0.15, -0.1) is 20.4 Å². The third-order valence-corrected chi connectivity index (χ3v) is 4.85. The lowest BCUT2D eigenvalue weighted by molar-refractivity contribution is 0.0518. The Morgan fingerprint density at radius 2 is 1.88 bits per heavy atom. The molecule has 0 fully saturated rings. The SMILES string of the molecule is CCOC(=O)c1ccc(N(C)c2nnc(-c3ccc(Br)cc3)s2)nn1. The Morgan fingerprint density at radius 1 is 1.12 bits per heavy atom. The highest BCUT2D eigenvalue weighted by atomic mass is 79.9. The summed E-state index contributed by atoms with van der Waals surface area (Å²) in [7, 11) is 1.82. The van der Waals surface area contributed by atoms with Crippen LogP contribution in [0, 0.1) is 0 Å². The van der Waals surface area contributed by atoms with E-state index in [4.69, 9.17) is 4.74 Å². The highest BCUT2D eigenvalue weighted by molar-refractivity contribution is 9.10. The minimum atomic E-state index is -0.488. The van der Waals surface area contributed by atoms with E-state index in [0.717, 1.165) is 15.0 Å². The van der Waals surface area contributed by atoms with Crippen LogP contribution in [0.3, 0.4) is 0 Å². The van der Waals surface area contributed by atoms with Crippen LogP contribution in [0.2, 0.25) is 0 Å². The zero-order valence-electron chi connectivity index (χ0n) is 13.5. The summed E-state index contributed by atoms with van der Waals surface area (Å²) in [6, 6.07) is 11.1. The number of halogens is 1. The molecule has 25 heavy (non-hydrogen) atoms. The number of nitrogens with zero attached hydrogens (tertiary/aromatic N) is 5. The van der Waals surface area contributed by atoms with E-state index in [9.17, 15) is 4.79 Å². The summed E-state index contributed by atoms with van der Waals surface area (Å²) in [6.07, 6.45) is 0. The summed E-state index contributed by atoms with van der Waals surface area (Å²) in [4.78, 5) is 13.4. The number of benzene rings is 1. The average molecular weight is 420 g/mol. The van der Waals surface area contributed by atoms with E-state index in [1.54, 1.807) is 24.0 Å². The van der Waals surface area contributed by atoms with E-state index >= 15 is 0 Å².